The van der Waals surface area contributed by atoms with Crippen molar-refractivity contribution < 1.29 is 9.84 Å². The molecule has 2 nitrogen and oxygen atoms in total. The minimum Gasteiger partial charge on any atom is -0.396 e. The van der Waals surface area contributed by atoms with Gasteiger partial charge in [0, 0.05) is 13.7 Å². The van der Waals surface area contributed by atoms with Crippen LogP contribution in [-0.4, -0.2) is 24.9 Å². The molecule has 1 N–H and O–H groups in total. The molecule has 3 aliphatic rings. The number of methoxy groups -OCH3 is 1. The van der Waals surface area contributed by atoms with Crippen molar-refractivity contribution >= 4 is 0 Å². The zero-order valence-corrected chi connectivity index (χ0v) is 8.86. The summed E-state index contributed by atoms with van der Waals surface area (Å²) in [6.45, 7) is 0.404. The van der Waals surface area contributed by atoms with E-state index in [2.05, 4.69) is 0 Å². The van der Waals surface area contributed by atoms with Crippen LogP contribution in [0.2, 0.25) is 0 Å². The second kappa shape index (κ2) is 3.21. The molecule has 3 saturated carbocycles. The van der Waals surface area contributed by atoms with Crippen LogP contribution in [-0.2, 0) is 4.74 Å². The Morgan fingerprint density at radius 1 is 1.21 bits per heavy atom. The van der Waals surface area contributed by atoms with Crippen LogP contribution in [0.3, 0.4) is 0 Å². The Kier molecular flexibility index (Phi) is 2.10. The maximum atomic E-state index is 9.36. The van der Waals surface area contributed by atoms with Crippen molar-refractivity contribution in [3.05, 3.63) is 0 Å². The van der Waals surface area contributed by atoms with Crippen LogP contribution in [0, 0.1) is 29.6 Å². The fraction of sp³-hybridized carbons (Fsp3) is 1.00. The van der Waals surface area contributed by atoms with E-state index in [0.29, 0.717) is 18.6 Å². The van der Waals surface area contributed by atoms with E-state index in [-0.39, 0.29) is 0 Å². The van der Waals surface area contributed by atoms with Crippen molar-refractivity contribution in [3.8, 4) is 0 Å². The number of aliphatic hydroxyl groups excluding tert-OH is 1. The van der Waals surface area contributed by atoms with Gasteiger partial charge in [-0.2, -0.15) is 0 Å². The Balaban J connectivity index is 1.82. The van der Waals surface area contributed by atoms with Crippen molar-refractivity contribution in [2.75, 3.05) is 13.7 Å². The van der Waals surface area contributed by atoms with Gasteiger partial charge in [0.25, 0.3) is 0 Å². The van der Waals surface area contributed by atoms with Gasteiger partial charge in [-0.05, 0) is 55.3 Å². The Morgan fingerprint density at radius 3 is 2.79 bits per heavy atom. The fourth-order valence-electron chi connectivity index (χ4n) is 4.67. The number of ether oxygens (including phenoxy) is 1. The average Bonchev–Trinajstić information content (AvgIpc) is 2.87. The van der Waals surface area contributed by atoms with Gasteiger partial charge in [0.05, 0.1) is 6.10 Å². The van der Waals surface area contributed by atoms with Gasteiger partial charge in [0.2, 0.25) is 0 Å². The standard InChI is InChI=1S/C12H20O2/c1-14-11-5-8-4-10(11)12-7(6-13)2-3-9(8)12/h7-13H,2-6H2,1H3. The predicted molar refractivity (Wildman–Crippen MR) is 53.8 cm³/mol. The van der Waals surface area contributed by atoms with Crippen molar-refractivity contribution in [2.45, 2.75) is 31.8 Å². The lowest BCUT2D eigenvalue weighted by Gasteiger charge is -2.33. The third-order valence-electron chi connectivity index (χ3n) is 5.13. The molecule has 0 aromatic heterocycles. The fourth-order valence-corrected chi connectivity index (χ4v) is 4.67. The van der Waals surface area contributed by atoms with E-state index in [1.54, 1.807) is 0 Å². The highest BCUT2D eigenvalue weighted by Crippen LogP contribution is 2.61. The first-order valence-corrected chi connectivity index (χ1v) is 5.98. The van der Waals surface area contributed by atoms with Crippen molar-refractivity contribution in [3.63, 3.8) is 0 Å². The van der Waals surface area contributed by atoms with Crippen LogP contribution in [0.1, 0.15) is 25.7 Å². The molecule has 2 heteroatoms. The first-order chi connectivity index (χ1) is 6.85. The molecule has 3 aliphatic carbocycles. The lowest BCUT2D eigenvalue weighted by molar-refractivity contribution is 0.00469. The second-order valence-corrected chi connectivity index (χ2v) is 5.43. The van der Waals surface area contributed by atoms with Gasteiger partial charge >= 0.3 is 0 Å². The van der Waals surface area contributed by atoms with Crippen LogP contribution in [0.25, 0.3) is 0 Å². The lowest BCUT2D eigenvalue weighted by Crippen LogP contribution is -2.33. The number of aliphatic hydroxyl groups is 1. The number of hydrogen-bond acceptors (Lipinski definition) is 2. The van der Waals surface area contributed by atoms with Gasteiger partial charge in [-0.3, -0.25) is 0 Å². The molecule has 3 rings (SSSR count). The molecule has 0 amide bonds. The summed E-state index contributed by atoms with van der Waals surface area (Å²) in [6, 6.07) is 0. The maximum Gasteiger partial charge on any atom is 0.0605 e. The van der Waals surface area contributed by atoms with Crippen molar-refractivity contribution in [2.24, 2.45) is 29.6 Å². The van der Waals surface area contributed by atoms with Gasteiger partial charge in [-0.15, -0.1) is 0 Å². The average molecular weight is 196 g/mol. The molecule has 80 valence electrons. The van der Waals surface area contributed by atoms with E-state index in [4.69, 9.17) is 4.74 Å². The maximum absolute atomic E-state index is 9.36. The molecule has 14 heavy (non-hydrogen) atoms. The Bertz CT molecular complexity index is 228. The van der Waals surface area contributed by atoms with E-state index < -0.39 is 0 Å². The van der Waals surface area contributed by atoms with E-state index in [9.17, 15) is 5.11 Å². The van der Waals surface area contributed by atoms with Gasteiger partial charge < -0.3 is 9.84 Å². The number of rotatable bonds is 2. The van der Waals surface area contributed by atoms with Crippen LogP contribution in [0.15, 0.2) is 0 Å². The minimum atomic E-state index is 0.404. The Morgan fingerprint density at radius 2 is 2.07 bits per heavy atom. The topological polar surface area (TPSA) is 29.5 Å². The Hall–Kier alpha value is -0.0800. The lowest BCUT2D eigenvalue weighted by atomic mass is 9.77. The summed E-state index contributed by atoms with van der Waals surface area (Å²) >= 11 is 0. The summed E-state index contributed by atoms with van der Waals surface area (Å²) in [5.41, 5.74) is 0. The summed E-state index contributed by atoms with van der Waals surface area (Å²) in [7, 11) is 1.85. The first-order valence-electron chi connectivity index (χ1n) is 5.98. The highest BCUT2D eigenvalue weighted by Gasteiger charge is 2.57. The quantitative estimate of drug-likeness (QED) is 0.728. The van der Waals surface area contributed by atoms with Gasteiger partial charge in [0.15, 0.2) is 0 Å². The van der Waals surface area contributed by atoms with Gasteiger partial charge in [0.1, 0.15) is 0 Å². The molecule has 6 unspecified atom stereocenters. The van der Waals surface area contributed by atoms with Crippen molar-refractivity contribution in [1.82, 2.24) is 0 Å². The summed E-state index contributed by atoms with van der Waals surface area (Å²) < 4.78 is 5.56. The molecule has 2 bridgehead atoms. The van der Waals surface area contributed by atoms with E-state index in [0.717, 1.165) is 23.7 Å². The summed E-state index contributed by atoms with van der Waals surface area (Å²) in [4.78, 5) is 0. The van der Waals surface area contributed by atoms with Gasteiger partial charge in [-0.25, -0.2) is 0 Å². The third kappa shape index (κ3) is 1.04. The molecule has 0 aromatic carbocycles. The van der Waals surface area contributed by atoms with E-state index >= 15 is 0 Å². The monoisotopic (exact) mass is 196 g/mol. The zero-order valence-electron chi connectivity index (χ0n) is 8.86. The third-order valence-corrected chi connectivity index (χ3v) is 5.13. The van der Waals surface area contributed by atoms with Crippen LogP contribution in [0.4, 0.5) is 0 Å². The molecule has 0 radical (unpaired) electrons. The van der Waals surface area contributed by atoms with Crippen LogP contribution >= 0.6 is 0 Å². The predicted octanol–water partition coefficient (Wildman–Crippen LogP) is 1.68. The molecular formula is C12H20O2. The first kappa shape index (κ1) is 9.17. The second-order valence-electron chi connectivity index (χ2n) is 5.43. The zero-order chi connectivity index (χ0) is 9.71. The molecule has 0 heterocycles. The van der Waals surface area contributed by atoms with E-state index in [1.807, 2.05) is 7.11 Å². The molecular weight excluding hydrogens is 176 g/mol. The smallest absolute Gasteiger partial charge is 0.0605 e. The Labute approximate surface area is 85.6 Å². The van der Waals surface area contributed by atoms with Crippen molar-refractivity contribution in [1.29, 1.82) is 0 Å². The van der Waals surface area contributed by atoms with Crippen LogP contribution < -0.4 is 0 Å². The van der Waals surface area contributed by atoms with Gasteiger partial charge in [-0.1, -0.05) is 0 Å². The summed E-state index contributed by atoms with van der Waals surface area (Å²) in [5.74, 6) is 4.02. The molecule has 6 atom stereocenters. The normalized spacial score (nSPS) is 55.3. The highest BCUT2D eigenvalue weighted by molar-refractivity contribution is 5.06. The summed E-state index contributed by atoms with van der Waals surface area (Å²) in [5, 5.41) is 9.36. The molecule has 0 aliphatic heterocycles. The molecule has 3 fully saturated rings. The van der Waals surface area contributed by atoms with E-state index in [1.165, 1.54) is 25.7 Å². The highest BCUT2D eigenvalue weighted by atomic mass is 16.5. The molecule has 0 aromatic rings. The largest absolute Gasteiger partial charge is 0.396 e. The molecule has 0 spiro atoms. The van der Waals surface area contributed by atoms with Crippen LogP contribution in [0.5, 0.6) is 0 Å². The SMILES string of the molecule is COC1CC2CC1C1C(CO)CCC21. The molecule has 0 saturated heterocycles. The summed E-state index contributed by atoms with van der Waals surface area (Å²) in [6.07, 6.45) is 5.81. The number of fused-ring (bicyclic) bond motifs is 5. The minimum absolute atomic E-state index is 0.404. The number of hydrogen-bond donors (Lipinski definition) is 1.